The van der Waals surface area contributed by atoms with Gasteiger partial charge >= 0.3 is 0 Å². The van der Waals surface area contributed by atoms with Crippen LogP contribution in [0.25, 0.3) is 11.4 Å². The summed E-state index contributed by atoms with van der Waals surface area (Å²) in [6.07, 6.45) is 0. The molecule has 0 radical (unpaired) electrons. The van der Waals surface area contributed by atoms with Crippen molar-refractivity contribution >= 4 is 34.9 Å². The predicted molar refractivity (Wildman–Crippen MR) is 136 cm³/mol. The van der Waals surface area contributed by atoms with Gasteiger partial charge in [-0.3, -0.25) is 14.4 Å². The van der Waals surface area contributed by atoms with E-state index in [4.69, 9.17) is 11.6 Å². The maximum absolute atomic E-state index is 13.4. The summed E-state index contributed by atoms with van der Waals surface area (Å²) in [6.45, 7) is 6.95. The number of carbonyl (C=O) groups excluding carboxylic acids is 3. The second-order valence-electron chi connectivity index (χ2n) is 9.31. The molecule has 0 bridgehead atoms. The van der Waals surface area contributed by atoms with E-state index in [2.05, 4.69) is 20.3 Å². The third-order valence-corrected chi connectivity index (χ3v) is 7.13. The number of aromatic nitrogens is 3. The molecule has 0 spiro atoms. The van der Waals surface area contributed by atoms with E-state index >= 15 is 0 Å². The monoisotopic (exact) mass is 506 g/mol. The second kappa shape index (κ2) is 9.39. The van der Waals surface area contributed by atoms with E-state index in [9.17, 15) is 14.4 Å². The van der Waals surface area contributed by atoms with E-state index in [1.54, 1.807) is 28.0 Å². The van der Waals surface area contributed by atoms with E-state index in [0.717, 1.165) is 11.4 Å². The van der Waals surface area contributed by atoms with Gasteiger partial charge in [-0.2, -0.15) is 0 Å². The van der Waals surface area contributed by atoms with Gasteiger partial charge in [-0.1, -0.05) is 29.8 Å². The summed E-state index contributed by atoms with van der Waals surface area (Å²) >= 11 is 6.32. The maximum atomic E-state index is 13.4. The summed E-state index contributed by atoms with van der Waals surface area (Å²) in [6, 6.07) is 10.5. The summed E-state index contributed by atoms with van der Waals surface area (Å²) in [5.74, 6) is -1.31. The summed E-state index contributed by atoms with van der Waals surface area (Å²) in [4.78, 5) is 55.0. The number of halogens is 1. The van der Waals surface area contributed by atoms with Crippen molar-refractivity contribution in [2.24, 2.45) is 0 Å². The number of nitrogens with zero attached hydrogens (tertiary/aromatic N) is 4. The fourth-order valence-corrected chi connectivity index (χ4v) is 5.05. The van der Waals surface area contributed by atoms with Crippen molar-refractivity contribution in [3.05, 3.63) is 64.2 Å². The number of hydrogen-bond donors (Lipinski definition) is 2. The Bertz CT molecular complexity index is 1340. The molecule has 1 unspecified atom stereocenters. The van der Waals surface area contributed by atoms with Gasteiger partial charge in [0.25, 0.3) is 11.8 Å². The Morgan fingerprint density at radius 1 is 1.08 bits per heavy atom. The first kappa shape index (κ1) is 24.0. The zero-order valence-electron chi connectivity index (χ0n) is 20.3. The number of H-pyrrole nitrogens is 1. The molecule has 1 saturated heterocycles. The highest BCUT2D eigenvalue weighted by Gasteiger charge is 2.40. The minimum Gasteiger partial charge on any atom is -0.382 e. The smallest absolute Gasteiger partial charge is 0.291 e. The van der Waals surface area contributed by atoms with Crippen molar-refractivity contribution in [2.45, 2.75) is 32.7 Å². The molecule has 2 aromatic heterocycles. The van der Waals surface area contributed by atoms with Crippen molar-refractivity contribution in [2.75, 3.05) is 31.5 Å². The molecular weight excluding hydrogens is 480 g/mol. The minimum atomic E-state index is -0.752. The molecule has 2 amide bonds. The van der Waals surface area contributed by atoms with Crippen LogP contribution in [0.1, 0.15) is 40.3 Å². The van der Waals surface area contributed by atoms with Crippen molar-refractivity contribution in [1.29, 1.82) is 0 Å². The van der Waals surface area contributed by atoms with E-state index in [1.165, 1.54) is 0 Å². The van der Waals surface area contributed by atoms with E-state index in [-0.39, 0.29) is 30.2 Å². The number of aromatic amines is 1. The molecular formula is C26H27ClN6O3. The standard InChI is InChI=1S/C26H27ClN6O3/c1-14-13-32(25(35)17-7-5-4-6-8-17)9-10-33(14)26(36)23(34)19-12-28-21-18(11-20(27)31-22(19)21)24-29-15(2)16(3)30-24/h4-8,11,14,19,28H,9-10,12-13H2,1-3H3,(H,29,30)/t14-,19?/m1/s1. The third kappa shape index (κ3) is 4.24. The topological polar surface area (TPSA) is 111 Å². The molecule has 186 valence electrons. The van der Waals surface area contributed by atoms with Crippen LogP contribution in [0.5, 0.6) is 0 Å². The lowest BCUT2D eigenvalue weighted by Gasteiger charge is -2.39. The molecule has 5 rings (SSSR count). The number of ketones is 1. The van der Waals surface area contributed by atoms with Gasteiger partial charge in [-0.05, 0) is 39.0 Å². The normalized spacial score (nSPS) is 19.1. The molecule has 0 saturated carbocycles. The van der Waals surface area contributed by atoms with E-state index in [1.807, 2.05) is 39.0 Å². The van der Waals surface area contributed by atoms with Crippen molar-refractivity contribution in [3.63, 3.8) is 0 Å². The predicted octanol–water partition coefficient (Wildman–Crippen LogP) is 3.19. The van der Waals surface area contributed by atoms with E-state index in [0.29, 0.717) is 41.4 Å². The summed E-state index contributed by atoms with van der Waals surface area (Å²) in [5, 5.41) is 3.47. The van der Waals surface area contributed by atoms with Crippen molar-refractivity contribution in [1.82, 2.24) is 24.8 Å². The molecule has 4 heterocycles. The number of rotatable bonds is 4. The number of nitrogens with one attached hydrogen (secondary N) is 2. The summed E-state index contributed by atoms with van der Waals surface area (Å²) in [7, 11) is 0. The highest BCUT2D eigenvalue weighted by molar-refractivity contribution is 6.38. The molecule has 2 aliphatic rings. The highest BCUT2D eigenvalue weighted by atomic mass is 35.5. The summed E-state index contributed by atoms with van der Waals surface area (Å²) in [5.41, 5.74) is 4.23. The molecule has 10 heteroatoms. The Labute approximate surface area is 213 Å². The molecule has 3 aromatic rings. The van der Waals surface area contributed by atoms with Gasteiger partial charge < -0.3 is 20.1 Å². The summed E-state index contributed by atoms with van der Waals surface area (Å²) < 4.78 is 0. The van der Waals surface area contributed by atoms with Gasteiger partial charge in [0.1, 0.15) is 11.0 Å². The molecule has 9 nitrogen and oxygen atoms in total. The highest BCUT2D eigenvalue weighted by Crippen LogP contribution is 2.39. The number of aryl methyl sites for hydroxylation is 2. The number of pyridine rings is 1. The average molecular weight is 507 g/mol. The Hall–Kier alpha value is -3.72. The van der Waals surface area contributed by atoms with Crippen LogP contribution >= 0.6 is 11.6 Å². The maximum Gasteiger partial charge on any atom is 0.291 e. The minimum absolute atomic E-state index is 0.0791. The van der Waals surface area contributed by atoms with Crippen LogP contribution in [0.4, 0.5) is 5.69 Å². The van der Waals surface area contributed by atoms with Crippen LogP contribution < -0.4 is 5.32 Å². The Balaban J connectivity index is 1.33. The molecule has 2 atom stereocenters. The molecule has 2 N–H and O–H groups in total. The SMILES string of the molecule is Cc1nc(-c2cc(Cl)nc3c2NCC3C(=O)C(=O)N2CCN(C(=O)c3ccccc3)C[C@H]2C)[nH]c1C. The van der Waals surface area contributed by atoms with Crippen molar-refractivity contribution < 1.29 is 14.4 Å². The van der Waals surface area contributed by atoms with Crippen molar-refractivity contribution in [3.8, 4) is 11.4 Å². The average Bonchev–Trinajstić information content (AvgIpc) is 3.45. The first-order valence-corrected chi connectivity index (χ1v) is 12.3. The molecule has 1 aromatic carbocycles. The lowest BCUT2D eigenvalue weighted by atomic mass is 9.98. The Kier molecular flexibility index (Phi) is 6.26. The lowest BCUT2D eigenvalue weighted by Crippen LogP contribution is -2.57. The van der Waals surface area contributed by atoms with Gasteiger partial charge in [0.2, 0.25) is 5.78 Å². The molecule has 0 aliphatic carbocycles. The number of Topliss-reactive ketones (excluding diaryl/α,β-unsaturated/α-hetero) is 1. The molecule has 1 fully saturated rings. The van der Waals surface area contributed by atoms with Gasteiger partial charge in [-0.25, -0.2) is 9.97 Å². The number of amides is 2. The van der Waals surface area contributed by atoms with Crippen LogP contribution in [-0.2, 0) is 9.59 Å². The van der Waals surface area contributed by atoms with Crippen LogP contribution in [-0.4, -0.2) is 74.6 Å². The zero-order chi connectivity index (χ0) is 25.6. The first-order valence-electron chi connectivity index (χ1n) is 11.9. The lowest BCUT2D eigenvalue weighted by molar-refractivity contribution is -0.148. The third-order valence-electron chi connectivity index (χ3n) is 6.94. The fourth-order valence-electron chi connectivity index (χ4n) is 4.85. The number of fused-ring (bicyclic) bond motifs is 1. The number of benzene rings is 1. The first-order chi connectivity index (χ1) is 17.2. The Morgan fingerprint density at radius 2 is 1.83 bits per heavy atom. The van der Waals surface area contributed by atoms with Crippen LogP contribution in [0.3, 0.4) is 0 Å². The number of carbonyl (C=O) groups is 3. The van der Waals surface area contributed by atoms with Gasteiger partial charge in [0.15, 0.2) is 0 Å². The largest absolute Gasteiger partial charge is 0.382 e. The van der Waals surface area contributed by atoms with Gasteiger partial charge in [0, 0.05) is 49.0 Å². The van der Waals surface area contributed by atoms with Crippen LogP contribution in [0, 0.1) is 13.8 Å². The number of anilines is 1. The zero-order valence-corrected chi connectivity index (χ0v) is 21.1. The number of piperazine rings is 1. The number of imidazole rings is 1. The molecule has 2 aliphatic heterocycles. The second-order valence-corrected chi connectivity index (χ2v) is 9.70. The number of hydrogen-bond acceptors (Lipinski definition) is 6. The Morgan fingerprint density at radius 3 is 2.50 bits per heavy atom. The molecule has 36 heavy (non-hydrogen) atoms. The quantitative estimate of drug-likeness (QED) is 0.415. The van der Waals surface area contributed by atoms with Gasteiger partial charge in [-0.15, -0.1) is 0 Å². The fraction of sp³-hybridized carbons (Fsp3) is 0.346. The van der Waals surface area contributed by atoms with Crippen LogP contribution in [0.2, 0.25) is 5.15 Å². The van der Waals surface area contributed by atoms with Crippen LogP contribution in [0.15, 0.2) is 36.4 Å². The van der Waals surface area contributed by atoms with Gasteiger partial charge in [0.05, 0.1) is 23.0 Å². The van der Waals surface area contributed by atoms with E-state index < -0.39 is 17.6 Å².